The Morgan fingerprint density at radius 1 is 1.03 bits per heavy atom. The summed E-state index contributed by atoms with van der Waals surface area (Å²) in [6, 6.07) is 22.4. The van der Waals surface area contributed by atoms with Gasteiger partial charge in [0, 0.05) is 25.2 Å². The molecule has 1 aliphatic rings. The van der Waals surface area contributed by atoms with E-state index >= 15 is 0 Å². The number of carbonyl (C=O) groups is 1. The van der Waals surface area contributed by atoms with Crippen LogP contribution in [0.5, 0.6) is 5.75 Å². The summed E-state index contributed by atoms with van der Waals surface area (Å²) in [5.41, 5.74) is 5.46. The van der Waals surface area contributed by atoms with Crippen LogP contribution in [0.15, 0.2) is 66.7 Å². The molecule has 1 atom stereocenters. The lowest BCUT2D eigenvalue weighted by molar-refractivity contribution is -0.145. The van der Waals surface area contributed by atoms with E-state index in [4.69, 9.17) is 14.5 Å². The van der Waals surface area contributed by atoms with Crippen molar-refractivity contribution in [1.29, 1.82) is 0 Å². The summed E-state index contributed by atoms with van der Waals surface area (Å²) in [6.45, 7) is 4.69. The van der Waals surface area contributed by atoms with E-state index in [9.17, 15) is 4.79 Å². The van der Waals surface area contributed by atoms with E-state index < -0.39 is 0 Å². The van der Waals surface area contributed by atoms with Crippen LogP contribution >= 0.6 is 0 Å². The van der Waals surface area contributed by atoms with Crippen LogP contribution in [0.1, 0.15) is 23.7 Å². The van der Waals surface area contributed by atoms with Crippen molar-refractivity contribution in [3.63, 3.8) is 0 Å². The topological polar surface area (TPSA) is 51.7 Å². The number of hydrogen-bond donors (Lipinski definition) is 0. The van der Waals surface area contributed by atoms with Gasteiger partial charge in [0.15, 0.2) is 0 Å². The molecule has 154 valence electrons. The Hall–Kier alpha value is -3.18. The van der Waals surface area contributed by atoms with Crippen LogP contribution in [0.4, 0.5) is 0 Å². The third-order valence-corrected chi connectivity index (χ3v) is 5.37. The summed E-state index contributed by atoms with van der Waals surface area (Å²) in [4.78, 5) is 18.8. The molecule has 5 heteroatoms. The van der Waals surface area contributed by atoms with Crippen molar-refractivity contribution in [2.45, 2.75) is 26.6 Å². The second kappa shape index (κ2) is 9.09. The van der Waals surface area contributed by atoms with Crippen molar-refractivity contribution in [2.24, 2.45) is 5.92 Å². The molecule has 0 bridgehead atoms. The maximum Gasteiger partial charge on any atom is 0.309 e. The minimum Gasteiger partial charge on any atom is -0.489 e. The zero-order chi connectivity index (χ0) is 20.9. The zero-order valence-electron chi connectivity index (χ0n) is 17.4. The van der Waals surface area contributed by atoms with E-state index in [1.54, 1.807) is 0 Å². The molecule has 3 aromatic rings. The Morgan fingerprint density at radius 3 is 2.53 bits per heavy atom. The number of esters is 1. The van der Waals surface area contributed by atoms with Crippen molar-refractivity contribution in [3.8, 4) is 17.0 Å². The van der Waals surface area contributed by atoms with Crippen LogP contribution in [0.25, 0.3) is 11.3 Å². The number of ether oxygens (including phenoxy) is 2. The number of benzene rings is 2. The molecule has 0 amide bonds. The van der Waals surface area contributed by atoms with Gasteiger partial charge in [0.05, 0.1) is 24.4 Å². The molecule has 1 unspecified atom stereocenters. The molecule has 0 saturated carbocycles. The Morgan fingerprint density at radius 2 is 1.80 bits per heavy atom. The minimum absolute atomic E-state index is 0.146. The highest BCUT2D eigenvalue weighted by molar-refractivity contribution is 5.72. The highest BCUT2D eigenvalue weighted by atomic mass is 16.5. The van der Waals surface area contributed by atoms with E-state index in [-0.39, 0.29) is 11.9 Å². The van der Waals surface area contributed by atoms with E-state index in [1.165, 1.54) is 12.7 Å². The lowest BCUT2D eigenvalue weighted by atomic mass is 10.1. The van der Waals surface area contributed by atoms with Crippen LogP contribution in [-0.4, -0.2) is 29.5 Å². The fourth-order valence-corrected chi connectivity index (χ4v) is 3.74. The average Bonchev–Trinajstić information content (AvgIpc) is 3.19. The molecule has 0 aliphatic carbocycles. The molecule has 1 aromatic heterocycles. The van der Waals surface area contributed by atoms with Crippen LogP contribution in [0.2, 0.25) is 0 Å². The first-order valence-electron chi connectivity index (χ1n) is 10.2. The third kappa shape index (κ3) is 4.69. The van der Waals surface area contributed by atoms with Gasteiger partial charge in [-0.3, -0.25) is 14.7 Å². The van der Waals surface area contributed by atoms with Gasteiger partial charge in [-0.1, -0.05) is 43.3 Å². The fraction of sp³-hybridized carbons (Fsp3) is 0.280. The first-order chi connectivity index (χ1) is 14.6. The number of fused-ring (bicyclic) bond motifs is 1. The molecular formula is C25H26N2O3. The van der Waals surface area contributed by atoms with Crippen molar-refractivity contribution in [1.82, 2.24) is 9.88 Å². The fourth-order valence-electron chi connectivity index (χ4n) is 3.74. The number of rotatable bonds is 7. The normalized spacial score (nSPS) is 14.2. The van der Waals surface area contributed by atoms with Crippen LogP contribution < -0.4 is 4.74 Å². The third-order valence-electron chi connectivity index (χ3n) is 5.37. The second-order valence-corrected chi connectivity index (χ2v) is 7.69. The zero-order valence-corrected chi connectivity index (χ0v) is 17.4. The Labute approximate surface area is 177 Å². The van der Waals surface area contributed by atoms with Gasteiger partial charge in [-0.25, -0.2) is 0 Å². The molecule has 4 rings (SSSR count). The van der Waals surface area contributed by atoms with Crippen LogP contribution in [0.3, 0.4) is 0 Å². The Balaban J connectivity index is 1.39. The van der Waals surface area contributed by atoms with Gasteiger partial charge in [0.25, 0.3) is 0 Å². The molecule has 30 heavy (non-hydrogen) atoms. The molecule has 0 spiro atoms. The maximum absolute atomic E-state index is 11.7. The average molecular weight is 402 g/mol. The van der Waals surface area contributed by atoms with Crippen molar-refractivity contribution < 1.29 is 14.3 Å². The van der Waals surface area contributed by atoms with Gasteiger partial charge in [0.1, 0.15) is 12.4 Å². The van der Waals surface area contributed by atoms with Gasteiger partial charge in [0.2, 0.25) is 0 Å². The summed E-state index contributed by atoms with van der Waals surface area (Å²) < 4.78 is 10.7. The highest BCUT2D eigenvalue weighted by Crippen LogP contribution is 2.27. The number of methoxy groups -OCH3 is 1. The molecule has 0 fully saturated rings. The Bertz CT molecular complexity index is 1000. The lowest BCUT2D eigenvalue weighted by Crippen LogP contribution is -2.28. The van der Waals surface area contributed by atoms with E-state index in [0.29, 0.717) is 13.2 Å². The van der Waals surface area contributed by atoms with Gasteiger partial charge >= 0.3 is 5.97 Å². The molecule has 2 aromatic carbocycles. The molecular weight excluding hydrogens is 376 g/mol. The van der Waals surface area contributed by atoms with Crippen molar-refractivity contribution >= 4 is 5.97 Å². The second-order valence-electron chi connectivity index (χ2n) is 7.69. The number of nitrogens with zero attached hydrogens (tertiary/aromatic N) is 2. The summed E-state index contributed by atoms with van der Waals surface area (Å²) >= 11 is 0. The molecule has 0 N–H and O–H groups in total. The van der Waals surface area contributed by atoms with E-state index in [2.05, 4.69) is 29.2 Å². The van der Waals surface area contributed by atoms with Crippen molar-refractivity contribution in [3.05, 3.63) is 83.6 Å². The number of hydrogen-bond acceptors (Lipinski definition) is 5. The number of pyridine rings is 1. The predicted molar refractivity (Wildman–Crippen MR) is 116 cm³/mol. The molecule has 0 radical (unpaired) electrons. The number of aromatic nitrogens is 1. The summed E-state index contributed by atoms with van der Waals surface area (Å²) in [5.74, 6) is 0.521. The van der Waals surface area contributed by atoms with Crippen LogP contribution in [0, 0.1) is 5.92 Å². The highest BCUT2D eigenvalue weighted by Gasteiger charge is 2.24. The van der Waals surface area contributed by atoms with Crippen molar-refractivity contribution in [2.75, 3.05) is 13.7 Å². The SMILES string of the molecule is COC(=O)C(C)CN1Cc2ccc(-c3ccc(OCc4ccccc4)cc3)nc2C1. The Kier molecular flexibility index (Phi) is 6.10. The first-order valence-corrected chi connectivity index (χ1v) is 10.2. The quantitative estimate of drug-likeness (QED) is 0.547. The molecule has 5 nitrogen and oxygen atoms in total. The molecule has 2 heterocycles. The largest absolute Gasteiger partial charge is 0.489 e. The van der Waals surface area contributed by atoms with Gasteiger partial charge in [-0.15, -0.1) is 0 Å². The number of carbonyl (C=O) groups excluding carboxylic acids is 1. The van der Waals surface area contributed by atoms with E-state index in [0.717, 1.165) is 41.4 Å². The monoisotopic (exact) mass is 402 g/mol. The molecule has 1 aliphatic heterocycles. The van der Waals surface area contributed by atoms with Crippen LogP contribution in [-0.2, 0) is 29.2 Å². The molecule has 0 saturated heterocycles. The summed E-state index contributed by atoms with van der Waals surface area (Å²) in [7, 11) is 1.43. The van der Waals surface area contributed by atoms with Gasteiger partial charge in [-0.05, 0) is 41.5 Å². The summed E-state index contributed by atoms with van der Waals surface area (Å²) in [5, 5.41) is 0. The first kappa shape index (κ1) is 20.1. The predicted octanol–water partition coefficient (Wildman–Crippen LogP) is 4.45. The summed E-state index contributed by atoms with van der Waals surface area (Å²) in [6.07, 6.45) is 0. The van der Waals surface area contributed by atoms with Gasteiger partial charge in [-0.2, -0.15) is 0 Å². The standard InChI is InChI=1S/C25H26N2O3/c1-18(25(28)29-2)14-27-15-21-10-13-23(26-24(21)16-27)20-8-11-22(12-9-20)30-17-19-6-4-3-5-7-19/h3-13,18H,14-17H2,1-2H3. The van der Waals surface area contributed by atoms with Gasteiger partial charge < -0.3 is 9.47 Å². The minimum atomic E-state index is -0.172. The maximum atomic E-state index is 11.7. The lowest BCUT2D eigenvalue weighted by Gasteiger charge is -2.18. The smallest absolute Gasteiger partial charge is 0.309 e. The van der Waals surface area contributed by atoms with E-state index in [1.807, 2.05) is 49.4 Å².